The highest BCUT2D eigenvalue weighted by Gasteiger charge is 2.49. The van der Waals surface area contributed by atoms with E-state index in [0.717, 1.165) is 38.7 Å². The van der Waals surface area contributed by atoms with Gasteiger partial charge in [-0.2, -0.15) is 0 Å². The minimum Gasteiger partial charge on any atom is -0.374 e. The summed E-state index contributed by atoms with van der Waals surface area (Å²) in [6.45, 7) is 4.10. The van der Waals surface area contributed by atoms with Crippen LogP contribution in [-0.2, 0) is 50.1 Å². The first kappa shape index (κ1) is 33.0. The summed E-state index contributed by atoms with van der Waals surface area (Å²) in [6, 6.07) is 47.4. The van der Waals surface area contributed by atoms with Gasteiger partial charge in [0.25, 0.3) is 0 Å². The van der Waals surface area contributed by atoms with Crippen molar-refractivity contribution in [3.8, 4) is 0 Å². The fourth-order valence-corrected chi connectivity index (χ4v) is 6.53. The van der Waals surface area contributed by atoms with E-state index >= 15 is 0 Å². The molecule has 0 aliphatic carbocycles. The van der Waals surface area contributed by atoms with Gasteiger partial charge in [0.1, 0.15) is 30.5 Å². The first-order valence-corrected chi connectivity index (χ1v) is 17.0. The Kier molecular flexibility index (Phi) is 10.9. The largest absolute Gasteiger partial charge is 0.374 e. The molecule has 0 bridgehead atoms. The van der Waals surface area contributed by atoms with Crippen LogP contribution >= 0.6 is 0 Å². The summed E-state index contributed by atoms with van der Waals surface area (Å²) < 4.78 is 34.2. The van der Waals surface area contributed by atoms with E-state index in [-0.39, 0.29) is 0 Å². The molecule has 49 heavy (non-hydrogen) atoms. The van der Waals surface area contributed by atoms with Gasteiger partial charge in [0.2, 0.25) is 0 Å². The van der Waals surface area contributed by atoms with Crippen LogP contribution in [0.5, 0.6) is 0 Å². The first-order chi connectivity index (χ1) is 24.2. The Labute approximate surface area is 288 Å². The maximum atomic E-state index is 7.13. The molecule has 7 rings (SSSR count). The summed E-state index contributed by atoms with van der Waals surface area (Å²) in [5.41, 5.74) is 7.58. The van der Waals surface area contributed by atoms with E-state index in [9.17, 15) is 0 Å². The van der Waals surface area contributed by atoms with Crippen LogP contribution in [0.25, 0.3) is 10.9 Å². The molecule has 0 radical (unpaired) electrons. The van der Waals surface area contributed by atoms with Crippen LogP contribution in [-0.4, -0.2) is 36.0 Å². The summed E-state index contributed by atoms with van der Waals surface area (Å²) in [5.74, 6) is 0. The van der Waals surface area contributed by atoms with Crippen LogP contribution in [0.3, 0.4) is 0 Å². The first-order valence-electron chi connectivity index (χ1n) is 17.0. The van der Waals surface area contributed by atoms with Crippen molar-refractivity contribution in [1.29, 1.82) is 0 Å². The average molecular weight is 654 g/mol. The number of aromatic amines is 1. The van der Waals surface area contributed by atoms with Crippen LogP contribution in [0.4, 0.5) is 0 Å². The Bertz CT molecular complexity index is 1860. The number of aromatic nitrogens is 1. The van der Waals surface area contributed by atoms with E-state index in [1.807, 2.05) is 72.8 Å². The van der Waals surface area contributed by atoms with Gasteiger partial charge in [0.05, 0.1) is 33.0 Å². The van der Waals surface area contributed by atoms with Gasteiger partial charge in [0.15, 0.2) is 0 Å². The van der Waals surface area contributed by atoms with Gasteiger partial charge >= 0.3 is 0 Å². The minimum absolute atomic E-state index is 0.322. The number of hydrogen-bond donors (Lipinski definition) is 1. The van der Waals surface area contributed by atoms with Crippen molar-refractivity contribution in [2.45, 2.75) is 63.9 Å². The van der Waals surface area contributed by atoms with Crippen molar-refractivity contribution in [2.24, 2.45) is 0 Å². The van der Waals surface area contributed by atoms with Crippen LogP contribution in [0.1, 0.15) is 39.5 Å². The highest BCUT2D eigenvalue weighted by Crippen LogP contribution is 2.41. The molecule has 6 heteroatoms. The third-order valence-corrected chi connectivity index (χ3v) is 9.06. The minimum atomic E-state index is -0.491. The molecule has 6 aromatic rings. The molecule has 5 atom stereocenters. The number of rotatable bonds is 14. The maximum Gasteiger partial charge on any atom is 0.117 e. The van der Waals surface area contributed by atoms with Crippen LogP contribution in [0, 0.1) is 6.92 Å². The zero-order valence-corrected chi connectivity index (χ0v) is 27.8. The van der Waals surface area contributed by atoms with Gasteiger partial charge in [-0.3, -0.25) is 0 Å². The Morgan fingerprint density at radius 3 is 1.59 bits per heavy atom. The second-order valence-corrected chi connectivity index (χ2v) is 12.7. The van der Waals surface area contributed by atoms with Crippen molar-refractivity contribution in [3.63, 3.8) is 0 Å². The Balaban J connectivity index is 1.27. The van der Waals surface area contributed by atoms with E-state index in [0.29, 0.717) is 33.0 Å². The van der Waals surface area contributed by atoms with Gasteiger partial charge in [0, 0.05) is 22.7 Å². The lowest BCUT2D eigenvalue weighted by Crippen LogP contribution is -2.58. The van der Waals surface area contributed by atoms with Gasteiger partial charge in [-0.15, -0.1) is 0 Å². The molecular weight excluding hydrogens is 610 g/mol. The summed E-state index contributed by atoms with van der Waals surface area (Å²) in [5, 5.41) is 1.10. The third kappa shape index (κ3) is 8.36. The standard InChI is InChI=1S/C43H43NO5/c1-31-22-23-38-36(24-31)37(25-44-38)40-42(47-28-34-18-10-4-11-19-34)43(48-29-35-20-12-5-13-21-35)41(46-27-33-16-8-3-9-17-33)39(49-40)30-45-26-32-14-6-2-7-15-32/h2-25,39-44H,26-30H2,1H3/t39-,40+,41-,42+,43+/m1/s1. The van der Waals surface area contributed by atoms with E-state index in [1.54, 1.807) is 0 Å². The average Bonchev–Trinajstić information content (AvgIpc) is 3.57. The maximum absolute atomic E-state index is 7.13. The third-order valence-electron chi connectivity index (χ3n) is 9.06. The topological polar surface area (TPSA) is 61.9 Å². The number of benzene rings is 5. The second-order valence-electron chi connectivity index (χ2n) is 12.7. The van der Waals surface area contributed by atoms with Crippen molar-refractivity contribution in [2.75, 3.05) is 6.61 Å². The van der Waals surface area contributed by atoms with E-state index < -0.39 is 30.5 Å². The Hall–Kier alpha value is -4.56. The fraction of sp³-hybridized carbons (Fsp3) is 0.256. The van der Waals surface area contributed by atoms with Gasteiger partial charge in [-0.1, -0.05) is 133 Å². The molecule has 250 valence electrons. The molecule has 1 aliphatic heterocycles. The van der Waals surface area contributed by atoms with Gasteiger partial charge in [-0.05, 0) is 41.3 Å². The monoisotopic (exact) mass is 653 g/mol. The predicted octanol–water partition coefficient (Wildman–Crippen LogP) is 8.89. The highest BCUT2D eigenvalue weighted by molar-refractivity contribution is 5.84. The summed E-state index contributed by atoms with van der Waals surface area (Å²) in [7, 11) is 0. The quantitative estimate of drug-likeness (QED) is 0.127. The van der Waals surface area contributed by atoms with E-state index in [4.69, 9.17) is 23.7 Å². The number of aryl methyl sites for hydroxylation is 1. The molecule has 2 heterocycles. The lowest BCUT2D eigenvalue weighted by atomic mass is 9.90. The molecule has 1 N–H and O–H groups in total. The van der Waals surface area contributed by atoms with Gasteiger partial charge in [-0.25, -0.2) is 0 Å². The van der Waals surface area contributed by atoms with Crippen LogP contribution < -0.4 is 0 Å². The molecule has 0 amide bonds. The molecule has 0 unspecified atom stereocenters. The molecule has 1 saturated heterocycles. The lowest BCUT2D eigenvalue weighted by molar-refractivity contribution is -0.274. The normalized spacial score (nSPS) is 20.8. The molecule has 5 aromatic carbocycles. The summed E-state index contributed by atoms with van der Waals surface area (Å²) in [6.07, 6.45) is -0.300. The number of ether oxygens (including phenoxy) is 5. The van der Waals surface area contributed by atoms with Crippen LogP contribution in [0.15, 0.2) is 146 Å². The molecular formula is C43H43NO5. The lowest BCUT2D eigenvalue weighted by Gasteiger charge is -2.46. The fourth-order valence-electron chi connectivity index (χ4n) is 6.53. The Morgan fingerprint density at radius 2 is 1.04 bits per heavy atom. The van der Waals surface area contributed by atoms with Crippen molar-refractivity contribution in [3.05, 3.63) is 179 Å². The molecule has 6 nitrogen and oxygen atoms in total. The van der Waals surface area contributed by atoms with E-state index in [1.165, 1.54) is 5.56 Å². The molecule has 0 spiro atoms. The molecule has 1 aliphatic rings. The SMILES string of the molecule is Cc1ccc2[nH]cc([C@@H]3O[C@H](COCc4ccccc4)[C@@H](OCc4ccccc4)[C@H](OCc4ccccc4)[C@H]3OCc3ccccc3)c2c1. The number of fused-ring (bicyclic) bond motifs is 1. The van der Waals surface area contributed by atoms with Crippen molar-refractivity contribution < 1.29 is 23.7 Å². The van der Waals surface area contributed by atoms with Crippen LogP contribution in [0.2, 0.25) is 0 Å². The number of nitrogens with one attached hydrogen (secondary N) is 1. The summed E-state index contributed by atoms with van der Waals surface area (Å²) in [4.78, 5) is 3.48. The predicted molar refractivity (Wildman–Crippen MR) is 192 cm³/mol. The second kappa shape index (κ2) is 16.2. The highest BCUT2D eigenvalue weighted by atomic mass is 16.6. The van der Waals surface area contributed by atoms with Crippen molar-refractivity contribution in [1.82, 2.24) is 4.98 Å². The zero-order valence-electron chi connectivity index (χ0n) is 27.8. The molecule has 1 fully saturated rings. The number of H-pyrrole nitrogens is 1. The number of hydrogen-bond acceptors (Lipinski definition) is 5. The molecule has 1 aromatic heterocycles. The zero-order chi connectivity index (χ0) is 33.3. The Morgan fingerprint density at radius 1 is 0.551 bits per heavy atom. The summed E-state index contributed by atoms with van der Waals surface area (Å²) >= 11 is 0. The van der Waals surface area contributed by atoms with Crippen molar-refractivity contribution >= 4 is 10.9 Å². The smallest absolute Gasteiger partial charge is 0.117 e. The molecule has 0 saturated carbocycles. The van der Waals surface area contributed by atoms with Gasteiger partial charge < -0.3 is 28.7 Å². The van der Waals surface area contributed by atoms with E-state index in [2.05, 4.69) is 84.8 Å².